The first-order valence-electron chi connectivity index (χ1n) is 12.6. The van der Waals surface area contributed by atoms with Crippen LogP contribution in [-0.4, -0.2) is 40.1 Å². The maximum absolute atomic E-state index is 12.3. The number of allylic oxidation sites excluding steroid dienone is 2. The van der Waals surface area contributed by atoms with Crippen LogP contribution in [0.15, 0.2) is 48.6 Å². The summed E-state index contributed by atoms with van der Waals surface area (Å²) in [6.07, 6.45) is 12.2. The van der Waals surface area contributed by atoms with E-state index in [2.05, 4.69) is 12.2 Å². The van der Waals surface area contributed by atoms with E-state index in [1.165, 1.54) is 6.92 Å². The summed E-state index contributed by atoms with van der Waals surface area (Å²) in [4.78, 5) is 35.4. The van der Waals surface area contributed by atoms with E-state index in [1.54, 1.807) is 30.3 Å². The lowest BCUT2D eigenvalue weighted by molar-refractivity contribution is -0.134. The number of Topliss-reactive ketones (excluding diaryl/α,β-unsaturated/α-hetero) is 1. The second-order valence-corrected chi connectivity index (χ2v) is 9.15. The number of benzene rings is 1. The van der Waals surface area contributed by atoms with E-state index >= 15 is 0 Å². The molecular formula is C28H39NO6. The third-order valence-electron chi connectivity index (χ3n) is 6.11. The van der Waals surface area contributed by atoms with E-state index in [0.29, 0.717) is 37.1 Å². The van der Waals surface area contributed by atoms with Gasteiger partial charge in [0.05, 0.1) is 12.2 Å². The molecule has 1 aliphatic rings. The zero-order chi connectivity index (χ0) is 25.6. The molecular weight excluding hydrogens is 446 g/mol. The van der Waals surface area contributed by atoms with Crippen LogP contribution in [-0.2, 0) is 14.4 Å². The van der Waals surface area contributed by atoms with Crippen LogP contribution in [0.4, 0.5) is 5.69 Å². The van der Waals surface area contributed by atoms with Gasteiger partial charge in [0, 0.05) is 37.3 Å². The van der Waals surface area contributed by atoms with Crippen LogP contribution in [0.3, 0.4) is 0 Å². The standard InChI is InChI=1S/C28H39NO6/c1-3-4-7-10-22(31)15-18-25-24(26(32)19-27(25)33)11-8-5-6-9-12-28(34)35-23-16-13-21(14-17-23)29-20(2)30/h5,8,13-18,22,24-25,27,31,33H,3-4,6-7,9-12,19H2,1-2H3,(H,29,30)/b8-5-,18-15+/t22-,24+,25+,27+/m0/s1. The molecule has 1 saturated carbocycles. The molecule has 35 heavy (non-hydrogen) atoms. The minimum Gasteiger partial charge on any atom is -0.427 e. The van der Waals surface area contributed by atoms with Crippen molar-refractivity contribution in [1.82, 2.24) is 0 Å². The Bertz CT molecular complexity index is 876. The van der Waals surface area contributed by atoms with Gasteiger partial charge in [0.25, 0.3) is 0 Å². The molecule has 192 valence electrons. The van der Waals surface area contributed by atoms with Crippen LogP contribution in [0, 0.1) is 11.8 Å². The van der Waals surface area contributed by atoms with Crippen molar-refractivity contribution < 1.29 is 29.3 Å². The van der Waals surface area contributed by atoms with Gasteiger partial charge in [-0.1, -0.05) is 50.5 Å². The van der Waals surface area contributed by atoms with Crippen molar-refractivity contribution in [2.45, 2.75) is 83.8 Å². The molecule has 0 bridgehead atoms. The van der Waals surface area contributed by atoms with Crippen molar-refractivity contribution in [3.8, 4) is 5.75 Å². The Morgan fingerprint density at radius 3 is 2.60 bits per heavy atom. The Kier molecular flexibility index (Phi) is 12.4. The number of hydrogen-bond donors (Lipinski definition) is 3. The number of hydrogen-bond acceptors (Lipinski definition) is 6. The van der Waals surface area contributed by atoms with Gasteiger partial charge in [-0.3, -0.25) is 14.4 Å². The molecule has 0 spiro atoms. The molecule has 7 nitrogen and oxygen atoms in total. The number of carbonyl (C=O) groups excluding carboxylic acids is 3. The number of rotatable bonds is 14. The van der Waals surface area contributed by atoms with Crippen LogP contribution in [0.1, 0.15) is 71.6 Å². The van der Waals surface area contributed by atoms with Crippen molar-refractivity contribution in [3.63, 3.8) is 0 Å². The monoisotopic (exact) mass is 485 g/mol. The number of anilines is 1. The number of aliphatic hydroxyl groups excluding tert-OH is 2. The molecule has 1 aromatic rings. The summed E-state index contributed by atoms with van der Waals surface area (Å²) in [5.74, 6) is -0.592. The van der Waals surface area contributed by atoms with Crippen molar-refractivity contribution in [1.29, 1.82) is 0 Å². The summed E-state index contributed by atoms with van der Waals surface area (Å²) >= 11 is 0. The van der Waals surface area contributed by atoms with Crippen LogP contribution in [0.2, 0.25) is 0 Å². The van der Waals surface area contributed by atoms with Crippen molar-refractivity contribution in [3.05, 3.63) is 48.6 Å². The fourth-order valence-electron chi connectivity index (χ4n) is 4.20. The summed E-state index contributed by atoms with van der Waals surface area (Å²) in [5, 5.41) is 23.0. The van der Waals surface area contributed by atoms with Crippen LogP contribution in [0.25, 0.3) is 0 Å². The number of nitrogens with one attached hydrogen (secondary N) is 1. The highest BCUT2D eigenvalue weighted by Gasteiger charge is 2.39. The first-order chi connectivity index (χ1) is 16.8. The predicted molar refractivity (Wildman–Crippen MR) is 136 cm³/mol. The van der Waals surface area contributed by atoms with Crippen LogP contribution in [0.5, 0.6) is 5.75 Å². The van der Waals surface area contributed by atoms with Gasteiger partial charge >= 0.3 is 5.97 Å². The lowest BCUT2D eigenvalue weighted by Crippen LogP contribution is -2.18. The molecule has 7 heteroatoms. The molecule has 0 heterocycles. The number of amides is 1. The highest BCUT2D eigenvalue weighted by molar-refractivity contribution is 5.88. The van der Waals surface area contributed by atoms with Gasteiger partial charge in [0.1, 0.15) is 11.5 Å². The Hall–Kier alpha value is -2.77. The minimum absolute atomic E-state index is 0.0466. The number of aliphatic hydroxyl groups is 2. The van der Waals surface area contributed by atoms with Crippen molar-refractivity contribution in [2.75, 3.05) is 5.32 Å². The summed E-state index contributed by atoms with van der Waals surface area (Å²) in [6, 6.07) is 6.60. The number of ketones is 1. The highest BCUT2D eigenvalue weighted by Crippen LogP contribution is 2.33. The zero-order valence-electron chi connectivity index (χ0n) is 20.8. The predicted octanol–water partition coefficient (Wildman–Crippen LogP) is 4.73. The molecule has 1 fully saturated rings. The molecule has 1 amide bonds. The lowest BCUT2D eigenvalue weighted by Gasteiger charge is -2.16. The molecule has 4 atom stereocenters. The quantitative estimate of drug-likeness (QED) is 0.152. The summed E-state index contributed by atoms with van der Waals surface area (Å²) in [7, 11) is 0. The van der Waals surface area contributed by atoms with Gasteiger partial charge in [-0.2, -0.15) is 0 Å². The molecule has 3 N–H and O–H groups in total. The normalized spacial score (nSPS) is 21.0. The van der Waals surface area contributed by atoms with E-state index in [0.717, 1.165) is 19.3 Å². The Labute approximate surface area is 208 Å². The molecule has 0 radical (unpaired) electrons. The van der Waals surface area contributed by atoms with Gasteiger partial charge in [-0.15, -0.1) is 0 Å². The number of esters is 1. The Morgan fingerprint density at radius 1 is 1.17 bits per heavy atom. The van der Waals surface area contributed by atoms with Gasteiger partial charge < -0.3 is 20.3 Å². The maximum atomic E-state index is 12.3. The Balaban J connectivity index is 1.71. The number of ether oxygens (including phenoxy) is 1. The van der Waals surface area contributed by atoms with Crippen LogP contribution < -0.4 is 10.1 Å². The van der Waals surface area contributed by atoms with Gasteiger partial charge in [0.2, 0.25) is 5.91 Å². The zero-order valence-corrected chi connectivity index (χ0v) is 20.8. The average molecular weight is 486 g/mol. The molecule has 0 aliphatic heterocycles. The third-order valence-corrected chi connectivity index (χ3v) is 6.11. The second kappa shape index (κ2) is 15.3. The summed E-state index contributed by atoms with van der Waals surface area (Å²) in [6.45, 7) is 3.54. The van der Waals surface area contributed by atoms with Gasteiger partial charge in [-0.05, 0) is 49.9 Å². The molecule has 0 aromatic heterocycles. The largest absolute Gasteiger partial charge is 0.427 e. The fourth-order valence-corrected chi connectivity index (χ4v) is 4.20. The van der Waals surface area contributed by atoms with E-state index in [4.69, 9.17) is 4.74 Å². The van der Waals surface area contributed by atoms with E-state index in [9.17, 15) is 24.6 Å². The fraction of sp³-hybridized carbons (Fsp3) is 0.536. The minimum atomic E-state index is -0.706. The maximum Gasteiger partial charge on any atom is 0.311 e. The van der Waals surface area contributed by atoms with Crippen LogP contribution >= 0.6 is 0 Å². The van der Waals surface area contributed by atoms with Gasteiger partial charge in [-0.25, -0.2) is 0 Å². The van der Waals surface area contributed by atoms with E-state index in [1.807, 2.05) is 18.2 Å². The van der Waals surface area contributed by atoms with Gasteiger partial charge in [0.15, 0.2) is 0 Å². The molecule has 1 aliphatic carbocycles. The first kappa shape index (κ1) is 28.5. The SMILES string of the molecule is CCCCC[C@H](O)/C=C/[C@H]1[C@H](O)CC(=O)[C@@H]1C/C=C\CCCC(=O)Oc1ccc(NC(C)=O)cc1. The molecule has 1 aromatic carbocycles. The first-order valence-corrected chi connectivity index (χ1v) is 12.6. The van der Waals surface area contributed by atoms with E-state index < -0.39 is 12.2 Å². The number of carbonyl (C=O) groups is 3. The lowest BCUT2D eigenvalue weighted by atomic mass is 9.90. The molecule has 0 saturated heterocycles. The van der Waals surface area contributed by atoms with Crippen molar-refractivity contribution >= 4 is 23.3 Å². The topological polar surface area (TPSA) is 113 Å². The third kappa shape index (κ3) is 10.6. The highest BCUT2D eigenvalue weighted by atomic mass is 16.5. The van der Waals surface area contributed by atoms with E-state index in [-0.39, 0.29) is 42.3 Å². The number of unbranched alkanes of at least 4 members (excludes halogenated alkanes) is 3. The Morgan fingerprint density at radius 2 is 1.91 bits per heavy atom. The molecule has 0 unspecified atom stereocenters. The molecule has 2 rings (SSSR count). The smallest absolute Gasteiger partial charge is 0.311 e. The summed E-state index contributed by atoms with van der Waals surface area (Å²) < 4.78 is 5.30. The second-order valence-electron chi connectivity index (χ2n) is 9.15. The summed E-state index contributed by atoms with van der Waals surface area (Å²) in [5.41, 5.74) is 0.636. The van der Waals surface area contributed by atoms with Crippen molar-refractivity contribution in [2.24, 2.45) is 11.8 Å². The average Bonchev–Trinajstić information content (AvgIpc) is 3.07.